The molecule has 0 bridgehead atoms. The summed E-state index contributed by atoms with van der Waals surface area (Å²) in [6.45, 7) is 1.03. The lowest BCUT2D eigenvalue weighted by Gasteiger charge is -2.14. The van der Waals surface area contributed by atoms with E-state index in [1.54, 1.807) is 12.1 Å². The Morgan fingerprint density at radius 3 is 2.62 bits per heavy atom. The fraction of sp³-hybridized carbons (Fsp3) is 0.278. The molecule has 1 unspecified atom stereocenters. The van der Waals surface area contributed by atoms with Gasteiger partial charge in [0.1, 0.15) is 10.7 Å². The number of halogens is 1. The van der Waals surface area contributed by atoms with E-state index in [9.17, 15) is 17.6 Å². The number of hydrogen-bond acceptors (Lipinski definition) is 4. The highest BCUT2D eigenvalue weighted by Crippen LogP contribution is 2.22. The minimum Gasteiger partial charge on any atom is -0.376 e. The number of amides is 1. The van der Waals surface area contributed by atoms with Gasteiger partial charge in [0.05, 0.1) is 17.4 Å². The van der Waals surface area contributed by atoms with E-state index < -0.39 is 26.6 Å². The van der Waals surface area contributed by atoms with Crippen LogP contribution in [0, 0.1) is 5.82 Å². The van der Waals surface area contributed by atoms with Crippen LogP contribution in [0.2, 0.25) is 0 Å². The maximum Gasteiger partial charge on any atom is 0.264 e. The summed E-state index contributed by atoms with van der Waals surface area (Å²) in [5.41, 5.74) is 0.242. The summed E-state index contributed by atoms with van der Waals surface area (Å²) >= 11 is 0. The van der Waals surface area contributed by atoms with E-state index in [1.807, 2.05) is 0 Å². The zero-order chi connectivity index (χ0) is 18.6. The first-order chi connectivity index (χ1) is 12.5. The summed E-state index contributed by atoms with van der Waals surface area (Å²) in [5, 5.41) is 2.75. The van der Waals surface area contributed by atoms with Crippen LogP contribution in [0.3, 0.4) is 0 Å². The maximum absolute atomic E-state index is 13.8. The molecule has 8 heteroatoms. The first-order valence-electron chi connectivity index (χ1n) is 8.23. The maximum atomic E-state index is 13.8. The van der Waals surface area contributed by atoms with E-state index in [-0.39, 0.29) is 17.4 Å². The second-order valence-electron chi connectivity index (χ2n) is 5.93. The molecule has 3 rings (SSSR count). The van der Waals surface area contributed by atoms with Gasteiger partial charge >= 0.3 is 0 Å². The van der Waals surface area contributed by atoms with Crippen LogP contribution in [0.1, 0.15) is 23.2 Å². The third-order valence-corrected chi connectivity index (χ3v) is 5.46. The van der Waals surface area contributed by atoms with Gasteiger partial charge in [-0.25, -0.2) is 12.8 Å². The molecule has 1 aliphatic heterocycles. The number of anilines is 1. The highest BCUT2D eigenvalue weighted by atomic mass is 32.2. The second-order valence-corrected chi connectivity index (χ2v) is 7.58. The van der Waals surface area contributed by atoms with Gasteiger partial charge in [-0.1, -0.05) is 24.3 Å². The largest absolute Gasteiger partial charge is 0.376 e. The van der Waals surface area contributed by atoms with Gasteiger partial charge in [0.2, 0.25) is 0 Å². The second kappa shape index (κ2) is 7.84. The molecule has 1 heterocycles. The fourth-order valence-corrected chi connectivity index (χ4v) is 3.90. The minimum atomic E-state index is -4.16. The summed E-state index contributed by atoms with van der Waals surface area (Å²) in [7, 11) is -4.16. The number of benzene rings is 2. The smallest absolute Gasteiger partial charge is 0.264 e. The van der Waals surface area contributed by atoms with E-state index in [0.29, 0.717) is 13.2 Å². The fourth-order valence-electron chi connectivity index (χ4n) is 2.74. The summed E-state index contributed by atoms with van der Waals surface area (Å²) < 4.78 is 46.5. The number of ether oxygens (including phenoxy) is 1. The van der Waals surface area contributed by atoms with Crippen molar-refractivity contribution in [3.63, 3.8) is 0 Å². The minimum absolute atomic E-state index is 0.0266. The molecule has 0 spiro atoms. The molecule has 2 N–H and O–H groups in total. The van der Waals surface area contributed by atoms with Crippen LogP contribution < -0.4 is 10.0 Å². The van der Waals surface area contributed by atoms with Crippen molar-refractivity contribution in [1.29, 1.82) is 0 Å². The molecule has 1 fully saturated rings. The lowest BCUT2D eigenvalue weighted by Crippen LogP contribution is -2.32. The standard InChI is InChI=1S/C18H19FN2O4S/c19-15-8-2-4-10-17(15)26(23,24)21-16-9-3-1-7-14(16)18(22)20-12-13-6-5-11-25-13/h1-4,7-10,13,21H,5-6,11-12H2,(H,20,22). The molecule has 1 amide bonds. The van der Waals surface area contributed by atoms with Crippen LogP contribution in [-0.2, 0) is 14.8 Å². The van der Waals surface area contributed by atoms with Crippen LogP contribution in [0.5, 0.6) is 0 Å². The molecule has 138 valence electrons. The number of carbonyl (C=O) groups is 1. The van der Waals surface area contributed by atoms with Crippen molar-refractivity contribution < 1.29 is 22.3 Å². The molecule has 2 aromatic carbocycles. The normalized spacial score (nSPS) is 17.0. The van der Waals surface area contributed by atoms with Gasteiger partial charge in [0, 0.05) is 13.2 Å². The van der Waals surface area contributed by atoms with E-state index >= 15 is 0 Å². The van der Waals surface area contributed by atoms with Crippen molar-refractivity contribution >= 4 is 21.6 Å². The lowest BCUT2D eigenvalue weighted by molar-refractivity contribution is 0.0858. The highest BCUT2D eigenvalue weighted by molar-refractivity contribution is 7.92. The average Bonchev–Trinajstić information content (AvgIpc) is 3.13. The van der Waals surface area contributed by atoms with Crippen molar-refractivity contribution in [1.82, 2.24) is 5.32 Å². The zero-order valence-corrected chi connectivity index (χ0v) is 14.8. The van der Waals surface area contributed by atoms with Crippen molar-refractivity contribution in [2.24, 2.45) is 0 Å². The van der Waals surface area contributed by atoms with Gasteiger partial charge in [-0.3, -0.25) is 9.52 Å². The lowest BCUT2D eigenvalue weighted by atomic mass is 10.1. The third-order valence-electron chi connectivity index (χ3n) is 4.06. The average molecular weight is 378 g/mol. The van der Waals surface area contributed by atoms with Crippen molar-refractivity contribution in [3.8, 4) is 0 Å². The van der Waals surface area contributed by atoms with Crippen molar-refractivity contribution in [2.75, 3.05) is 17.9 Å². The number of nitrogens with one attached hydrogen (secondary N) is 2. The quantitative estimate of drug-likeness (QED) is 0.809. The number of rotatable bonds is 6. The van der Waals surface area contributed by atoms with Gasteiger partial charge in [-0.2, -0.15) is 0 Å². The predicted octanol–water partition coefficient (Wildman–Crippen LogP) is 2.54. The molecule has 2 aromatic rings. The van der Waals surface area contributed by atoms with Crippen LogP contribution >= 0.6 is 0 Å². The Labute approximate surface area is 151 Å². The topological polar surface area (TPSA) is 84.5 Å². The first kappa shape index (κ1) is 18.3. The van der Waals surface area contributed by atoms with Crippen molar-refractivity contribution in [2.45, 2.75) is 23.8 Å². The molecular weight excluding hydrogens is 359 g/mol. The predicted molar refractivity (Wildman–Crippen MR) is 95.0 cm³/mol. The van der Waals surface area contributed by atoms with E-state index in [0.717, 1.165) is 25.0 Å². The Morgan fingerprint density at radius 1 is 1.15 bits per heavy atom. The molecule has 0 saturated carbocycles. The van der Waals surface area contributed by atoms with Gasteiger partial charge in [-0.05, 0) is 37.1 Å². The molecule has 1 saturated heterocycles. The van der Waals surface area contributed by atoms with E-state index in [2.05, 4.69) is 10.0 Å². The van der Waals surface area contributed by atoms with Crippen molar-refractivity contribution in [3.05, 3.63) is 59.9 Å². The molecule has 6 nitrogen and oxygen atoms in total. The summed E-state index contributed by atoms with van der Waals surface area (Å²) in [4.78, 5) is 12.0. The Morgan fingerprint density at radius 2 is 1.88 bits per heavy atom. The molecule has 1 atom stereocenters. The Hall–Kier alpha value is -2.45. The molecular formula is C18H19FN2O4S. The summed E-state index contributed by atoms with van der Waals surface area (Å²) in [6, 6.07) is 11.2. The van der Waals surface area contributed by atoms with Gasteiger partial charge in [0.25, 0.3) is 15.9 Å². The van der Waals surface area contributed by atoms with Crippen LogP contribution in [0.4, 0.5) is 10.1 Å². The van der Waals surface area contributed by atoms with Gasteiger partial charge < -0.3 is 10.1 Å². The number of para-hydroxylation sites is 1. The molecule has 1 aliphatic rings. The van der Waals surface area contributed by atoms with E-state index in [4.69, 9.17) is 4.74 Å². The molecule has 0 radical (unpaired) electrons. The third kappa shape index (κ3) is 4.20. The summed E-state index contributed by atoms with van der Waals surface area (Å²) in [6.07, 6.45) is 1.81. The van der Waals surface area contributed by atoms with Gasteiger partial charge in [0.15, 0.2) is 0 Å². The number of sulfonamides is 1. The highest BCUT2D eigenvalue weighted by Gasteiger charge is 2.22. The summed E-state index contributed by atoms with van der Waals surface area (Å²) in [5.74, 6) is -1.28. The molecule has 26 heavy (non-hydrogen) atoms. The first-order valence-corrected chi connectivity index (χ1v) is 9.72. The Bertz CT molecular complexity index is 896. The van der Waals surface area contributed by atoms with Gasteiger partial charge in [-0.15, -0.1) is 0 Å². The number of carbonyl (C=O) groups excluding carboxylic acids is 1. The monoisotopic (exact) mass is 378 g/mol. The Balaban J connectivity index is 1.78. The zero-order valence-electron chi connectivity index (χ0n) is 13.9. The number of hydrogen-bond donors (Lipinski definition) is 2. The van der Waals surface area contributed by atoms with E-state index in [1.165, 1.54) is 24.3 Å². The van der Waals surface area contributed by atoms with Crippen LogP contribution in [0.15, 0.2) is 53.4 Å². The molecule has 0 aromatic heterocycles. The SMILES string of the molecule is O=C(NCC1CCCO1)c1ccccc1NS(=O)(=O)c1ccccc1F. The van der Waals surface area contributed by atoms with Crippen LogP contribution in [0.25, 0.3) is 0 Å². The Kier molecular flexibility index (Phi) is 5.53. The molecule has 0 aliphatic carbocycles. The van der Waals surface area contributed by atoms with Crippen LogP contribution in [-0.4, -0.2) is 33.6 Å².